The molecule has 270 valence electrons. The summed E-state index contributed by atoms with van der Waals surface area (Å²) >= 11 is 0. The molecule has 0 heterocycles. The fraction of sp³-hybridized carbons (Fsp3) is 0.684. The zero-order valence-electron chi connectivity index (χ0n) is 31.3. The summed E-state index contributed by atoms with van der Waals surface area (Å²) < 4.78 is 10.4. The number of ketones is 3. The highest BCUT2D eigenvalue weighted by atomic mass is 16.5. The van der Waals surface area contributed by atoms with Gasteiger partial charge in [-0.15, -0.1) is 0 Å². The second kappa shape index (κ2) is 18.0. The van der Waals surface area contributed by atoms with Crippen molar-refractivity contribution in [3.8, 4) is 6.07 Å². The number of hydrogen-bond donors (Lipinski definition) is 1. The number of carbonyl (C=O) groups excluding carboxylic acids is 6. The van der Waals surface area contributed by atoms with Crippen molar-refractivity contribution in [1.29, 1.82) is 5.26 Å². The zero-order valence-corrected chi connectivity index (χ0v) is 31.3. The van der Waals surface area contributed by atoms with Crippen LogP contribution in [0.1, 0.15) is 115 Å². The minimum absolute atomic E-state index is 0.000432. The third-order valence-electron chi connectivity index (χ3n) is 8.37. The maximum absolute atomic E-state index is 13.8. The fourth-order valence-electron chi connectivity index (χ4n) is 6.21. The van der Waals surface area contributed by atoms with Crippen molar-refractivity contribution < 1.29 is 38.2 Å². The van der Waals surface area contributed by atoms with Gasteiger partial charge >= 0.3 is 18.0 Å². The van der Waals surface area contributed by atoms with Gasteiger partial charge in [0.15, 0.2) is 11.6 Å². The number of carbonyl (C=O) groups is 6. The standard InChI is InChI=1S/C38H55N3O8/c1-23(2)18-26(22-39)34(46)48-16-13-14-27(42)19-37(8,9)30-24(3)33(45)31(25(4)32(30)44)38(10,11)21-29(43)41-15-17-49-35(47)28(40-12)20-36(5,6)7/h23,26,28H,13-21H2,1-11H3,(H,41,43). The monoisotopic (exact) mass is 681 g/mol. The molecule has 1 rings (SSSR count). The lowest BCUT2D eigenvalue weighted by molar-refractivity contribution is -0.147. The first-order chi connectivity index (χ1) is 22.5. The van der Waals surface area contributed by atoms with Crippen LogP contribution in [0.3, 0.4) is 0 Å². The number of hydrogen-bond acceptors (Lipinski definition) is 9. The van der Waals surface area contributed by atoms with Crippen LogP contribution in [0.15, 0.2) is 22.3 Å². The second-order valence-corrected chi connectivity index (χ2v) is 15.8. The minimum atomic E-state index is -1.01. The van der Waals surface area contributed by atoms with Gasteiger partial charge in [0.2, 0.25) is 5.91 Å². The molecule has 49 heavy (non-hydrogen) atoms. The van der Waals surface area contributed by atoms with E-state index in [1.54, 1.807) is 41.5 Å². The first kappa shape index (κ1) is 42.9. The molecule has 11 heteroatoms. The van der Waals surface area contributed by atoms with Gasteiger partial charge in [-0.1, -0.05) is 62.3 Å². The molecular formula is C38H55N3O8. The van der Waals surface area contributed by atoms with Crippen LogP contribution in [-0.4, -0.2) is 61.0 Å². The number of rotatable bonds is 18. The number of nitrogens with one attached hydrogen (secondary N) is 1. The van der Waals surface area contributed by atoms with E-state index in [1.807, 2.05) is 40.7 Å². The fourth-order valence-corrected chi connectivity index (χ4v) is 6.21. The number of allylic oxidation sites excluding steroid dienone is 4. The smallest absolute Gasteiger partial charge is 0.390 e. The molecule has 2 unspecified atom stereocenters. The summed E-state index contributed by atoms with van der Waals surface area (Å²) in [6, 6.07) is 1.04. The molecule has 1 N–H and O–H groups in total. The normalized spacial score (nSPS) is 15.4. The molecule has 11 nitrogen and oxygen atoms in total. The molecule has 0 radical (unpaired) electrons. The Morgan fingerprint density at radius 3 is 1.84 bits per heavy atom. The summed E-state index contributed by atoms with van der Waals surface area (Å²) in [4.78, 5) is 81.2. The molecule has 0 saturated carbocycles. The van der Waals surface area contributed by atoms with Crippen LogP contribution in [0.4, 0.5) is 0 Å². The molecule has 0 aromatic carbocycles. The second-order valence-electron chi connectivity index (χ2n) is 15.8. The van der Waals surface area contributed by atoms with Gasteiger partial charge in [0.1, 0.15) is 18.3 Å². The molecule has 0 spiro atoms. The van der Waals surface area contributed by atoms with Crippen LogP contribution in [-0.2, 0) is 38.2 Å². The highest BCUT2D eigenvalue weighted by Gasteiger charge is 2.43. The molecule has 1 amide bonds. The number of esters is 2. The first-order valence-electron chi connectivity index (χ1n) is 16.9. The number of nitrogens with zero attached hydrogens (tertiary/aromatic N) is 2. The minimum Gasteiger partial charge on any atom is -0.465 e. The molecule has 0 aliphatic heterocycles. The molecule has 2 atom stereocenters. The first-order valence-corrected chi connectivity index (χ1v) is 16.9. The Bertz CT molecular complexity index is 1440. The largest absolute Gasteiger partial charge is 0.465 e. The summed E-state index contributed by atoms with van der Waals surface area (Å²) in [5.74, 6) is -3.19. The van der Waals surface area contributed by atoms with E-state index in [1.165, 1.54) is 0 Å². The lowest BCUT2D eigenvalue weighted by Crippen LogP contribution is -2.38. The predicted molar refractivity (Wildman–Crippen MR) is 184 cm³/mol. The Hall–Kier alpha value is -4.12. The van der Waals surface area contributed by atoms with E-state index in [0.717, 1.165) is 0 Å². The molecule has 0 aromatic heterocycles. The molecule has 0 aromatic rings. The average molecular weight is 682 g/mol. The number of ether oxygens (including phenoxy) is 2. The maximum Gasteiger partial charge on any atom is 0.390 e. The molecule has 0 bridgehead atoms. The van der Waals surface area contributed by atoms with Crippen molar-refractivity contribution >= 4 is 35.2 Å². The molecular weight excluding hydrogens is 626 g/mol. The third kappa shape index (κ3) is 13.0. The Morgan fingerprint density at radius 2 is 1.37 bits per heavy atom. The summed E-state index contributed by atoms with van der Waals surface area (Å²) in [6.07, 6.45) is 1.00. The van der Waals surface area contributed by atoms with E-state index in [9.17, 15) is 34.0 Å². The van der Waals surface area contributed by atoms with Crippen molar-refractivity contribution in [2.24, 2.45) is 28.1 Å². The molecule has 0 saturated heterocycles. The number of Topliss-reactive ketones (excluding diaryl/α,β-unsaturated/α-hetero) is 3. The van der Waals surface area contributed by atoms with Crippen molar-refractivity contribution in [2.45, 2.75) is 121 Å². The lowest BCUT2D eigenvalue weighted by atomic mass is 9.65. The summed E-state index contributed by atoms with van der Waals surface area (Å²) in [6.45, 7) is 26.8. The van der Waals surface area contributed by atoms with Crippen LogP contribution < -0.4 is 5.32 Å². The van der Waals surface area contributed by atoms with Gasteiger partial charge in [-0.3, -0.25) is 24.0 Å². The molecule has 1 aliphatic rings. The van der Waals surface area contributed by atoms with Gasteiger partial charge in [-0.25, -0.2) is 11.4 Å². The van der Waals surface area contributed by atoms with Crippen LogP contribution in [0.25, 0.3) is 4.85 Å². The van der Waals surface area contributed by atoms with Gasteiger partial charge < -0.3 is 19.6 Å². The Morgan fingerprint density at radius 1 is 0.857 bits per heavy atom. The van der Waals surface area contributed by atoms with E-state index in [0.29, 0.717) is 12.8 Å². The van der Waals surface area contributed by atoms with Crippen molar-refractivity contribution in [3.63, 3.8) is 0 Å². The van der Waals surface area contributed by atoms with E-state index in [-0.39, 0.29) is 96.4 Å². The van der Waals surface area contributed by atoms with Crippen LogP contribution in [0, 0.1) is 46.0 Å². The lowest BCUT2D eigenvalue weighted by Gasteiger charge is -2.36. The SMILES string of the molecule is [C-]#[N+]C(CC(C)(C)C)C(=O)OCCNC(=O)CC(C)(C)C1=C(C)C(=O)C(C(C)(C)CC(=O)CCCOC(=O)C(C#N)CC(C)C)=C(C)C1=O. The summed E-state index contributed by atoms with van der Waals surface area (Å²) in [5, 5.41) is 11.9. The van der Waals surface area contributed by atoms with E-state index >= 15 is 0 Å². The summed E-state index contributed by atoms with van der Waals surface area (Å²) in [5.41, 5.74) is -1.24. The Labute approximate surface area is 292 Å². The average Bonchev–Trinajstić information content (AvgIpc) is 2.96. The van der Waals surface area contributed by atoms with Crippen LogP contribution in [0.5, 0.6) is 0 Å². The quantitative estimate of drug-likeness (QED) is 0.0784. The highest BCUT2D eigenvalue weighted by Crippen LogP contribution is 2.44. The maximum atomic E-state index is 13.8. The van der Waals surface area contributed by atoms with E-state index < -0.39 is 40.6 Å². The Kier molecular flexibility index (Phi) is 15.8. The summed E-state index contributed by atoms with van der Waals surface area (Å²) in [7, 11) is 0. The zero-order chi connectivity index (χ0) is 37.9. The van der Waals surface area contributed by atoms with Gasteiger partial charge in [0, 0.05) is 58.8 Å². The van der Waals surface area contributed by atoms with Gasteiger partial charge in [-0.2, -0.15) is 5.26 Å². The number of amides is 1. The van der Waals surface area contributed by atoms with Gasteiger partial charge in [-0.05, 0) is 38.0 Å². The van der Waals surface area contributed by atoms with Crippen molar-refractivity contribution in [1.82, 2.24) is 5.32 Å². The molecule has 0 fully saturated rings. The van der Waals surface area contributed by atoms with Crippen LogP contribution in [0.2, 0.25) is 0 Å². The molecule has 1 aliphatic carbocycles. The highest BCUT2D eigenvalue weighted by molar-refractivity contribution is 6.26. The van der Waals surface area contributed by atoms with Crippen molar-refractivity contribution in [3.05, 3.63) is 33.7 Å². The van der Waals surface area contributed by atoms with Crippen LogP contribution >= 0.6 is 0 Å². The van der Waals surface area contributed by atoms with E-state index in [4.69, 9.17) is 16.0 Å². The van der Waals surface area contributed by atoms with Gasteiger partial charge in [0.05, 0.1) is 19.2 Å². The number of nitriles is 1. The Balaban J connectivity index is 2.84. The predicted octanol–water partition coefficient (Wildman–Crippen LogP) is 6.07. The van der Waals surface area contributed by atoms with Gasteiger partial charge in [0.25, 0.3) is 0 Å². The van der Waals surface area contributed by atoms with Crippen molar-refractivity contribution in [2.75, 3.05) is 19.8 Å². The topological polar surface area (TPSA) is 161 Å². The third-order valence-corrected chi connectivity index (χ3v) is 8.37. The van der Waals surface area contributed by atoms with E-state index in [2.05, 4.69) is 10.2 Å².